The van der Waals surface area contributed by atoms with E-state index in [0.717, 1.165) is 28.3 Å². The van der Waals surface area contributed by atoms with Crippen LogP contribution in [0.15, 0.2) is 34.3 Å². The highest BCUT2D eigenvalue weighted by Crippen LogP contribution is 2.25. The molecular weight excluding hydrogens is 406 g/mol. The molecule has 0 bridgehead atoms. The van der Waals surface area contributed by atoms with Crippen molar-refractivity contribution in [3.8, 4) is 6.07 Å². The number of aromatic nitrogens is 2. The second-order valence-electron chi connectivity index (χ2n) is 5.16. The van der Waals surface area contributed by atoms with Gasteiger partial charge in [0.2, 0.25) is 10.3 Å². The highest BCUT2D eigenvalue weighted by atomic mass is 79.9. The van der Waals surface area contributed by atoms with Crippen molar-refractivity contribution < 1.29 is 9.53 Å². The first-order valence-corrected chi connectivity index (χ1v) is 9.11. The van der Waals surface area contributed by atoms with Gasteiger partial charge in [-0.25, -0.2) is 0 Å². The van der Waals surface area contributed by atoms with Gasteiger partial charge in [0.25, 0.3) is 5.91 Å². The van der Waals surface area contributed by atoms with E-state index < -0.39 is 5.91 Å². The maximum absolute atomic E-state index is 12.3. The summed E-state index contributed by atoms with van der Waals surface area (Å²) >= 11 is 4.62. The summed E-state index contributed by atoms with van der Waals surface area (Å²) in [5, 5.41) is 21.0. The van der Waals surface area contributed by atoms with E-state index >= 15 is 0 Å². The lowest BCUT2D eigenvalue weighted by Gasteiger charge is -2.25. The van der Waals surface area contributed by atoms with Gasteiger partial charge in [0.05, 0.1) is 13.2 Å². The zero-order valence-corrected chi connectivity index (χ0v) is 15.5. The standard InChI is InChI=1S/C16H14BrN5O2S/c17-13-3-1-11(2-4-13)9-12(10-18)14(23)19-15-20-21-16(25-15)22-5-7-24-8-6-22/h1-4,9H,5-8H2,(H,19,20,23)/b12-9-. The Bertz CT molecular complexity index is 822. The van der Waals surface area contributed by atoms with Gasteiger partial charge in [0.15, 0.2) is 0 Å². The van der Waals surface area contributed by atoms with Crippen molar-refractivity contribution in [2.75, 3.05) is 36.5 Å². The average Bonchev–Trinajstić information content (AvgIpc) is 3.10. The lowest BCUT2D eigenvalue weighted by molar-refractivity contribution is -0.112. The number of carbonyl (C=O) groups is 1. The van der Waals surface area contributed by atoms with Crippen molar-refractivity contribution in [3.63, 3.8) is 0 Å². The Balaban J connectivity index is 1.69. The second kappa shape index (κ2) is 8.20. The summed E-state index contributed by atoms with van der Waals surface area (Å²) in [6, 6.07) is 9.24. The third-order valence-electron chi connectivity index (χ3n) is 3.46. The van der Waals surface area contributed by atoms with E-state index in [1.807, 2.05) is 30.3 Å². The highest BCUT2D eigenvalue weighted by molar-refractivity contribution is 9.10. The van der Waals surface area contributed by atoms with E-state index in [1.54, 1.807) is 0 Å². The maximum Gasteiger partial charge on any atom is 0.268 e. The quantitative estimate of drug-likeness (QED) is 0.604. The number of hydrogen-bond donors (Lipinski definition) is 1. The molecule has 1 amide bonds. The van der Waals surface area contributed by atoms with Crippen LogP contribution in [-0.4, -0.2) is 42.4 Å². The van der Waals surface area contributed by atoms with E-state index in [0.29, 0.717) is 18.3 Å². The van der Waals surface area contributed by atoms with Crippen molar-refractivity contribution in [1.82, 2.24) is 10.2 Å². The zero-order chi connectivity index (χ0) is 17.6. The summed E-state index contributed by atoms with van der Waals surface area (Å²) in [5.41, 5.74) is 0.770. The lowest BCUT2D eigenvalue weighted by atomic mass is 10.1. The lowest BCUT2D eigenvalue weighted by Crippen LogP contribution is -2.36. The number of halogens is 1. The van der Waals surface area contributed by atoms with Crippen LogP contribution in [0.1, 0.15) is 5.56 Å². The number of ether oxygens (including phenoxy) is 1. The fraction of sp³-hybridized carbons (Fsp3) is 0.250. The van der Waals surface area contributed by atoms with Gasteiger partial charge < -0.3 is 9.64 Å². The van der Waals surface area contributed by atoms with Crippen LogP contribution in [0.3, 0.4) is 0 Å². The molecule has 3 rings (SSSR count). The molecule has 2 aromatic rings. The topological polar surface area (TPSA) is 91.1 Å². The second-order valence-corrected chi connectivity index (χ2v) is 7.04. The zero-order valence-electron chi connectivity index (χ0n) is 13.1. The van der Waals surface area contributed by atoms with E-state index in [2.05, 4.69) is 36.3 Å². The van der Waals surface area contributed by atoms with Gasteiger partial charge >= 0.3 is 0 Å². The van der Waals surface area contributed by atoms with Gasteiger partial charge in [0, 0.05) is 17.6 Å². The van der Waals surface area contributed by atoms with E-state index in [4.69, 9.17) is 4.74 Å². The number of morpholine rings is 1. The van der Waals surface area contributed by atoms with Crippen molar-refractivity contribution in [1.29, 1.82) is 5.26 Å². The third kappa shape index (κ3) is 4.63. The van der Waals surface area contributed by atoms with E-state index in [-0.39, 0.29) is 5.57 Å². The van der Waals surface area contributed by atoms with Gasteiger partial charge in [-0.3, -0.25) is 10.1 Å². The molecule has 0 unspecified atom stereocenters. The SMILES string of the molecule is N#C/C(=C/c1ccc(Br)cc1)C(=O)Nc1nnc(N2CCOCC2)s1. The van der Waals surface area contributed by atoms with Gasteiger partial charge in [-0.2, -0.15) is 5.26 Å². The molecule has 0 radical (unpaired) electrons. The molecule has 0 spiro atoms. The van der Waals surface area contributed by atoms with Crippen molar-refractivity contribution >= 4 is 49.5 Å². The molecule has 1 aromatic carbocycles. The van der Waals surface area contributed by atoms with E-state index in [1.165, 1.54) is 17.4 Å². The third-order valence-corrected chi connectivity index (χ3v) is 4.89. The highest BCUT2D eigenvalue weighted by Gasteiger charge is 2.17. The van der Waals surface area contributed by atoms with Crippen molar-refractivity contribution in [2.24, 2.45) is 0 Å². The van der Waals surface area contributed by atoms with Crippen LogP contribution in [0.2, 0.25) is 0 Å². The van der Waals surface area contributed by atoms with Gasteiger partial charge in [0.1, 0.15) is 11.6 Å². The van der Waals surface area contributed by atoms with Crippen LogP contribution in [0, 0.1) is 11.3 Å². The van der Waals surface area contributed by atoms with Crippen LogP contribution < -0.4 is 10.2 Å². The number of nitrogens with zero attached hydrogens (tertiary/aromatic N) is 4. The largest absolute Gasteiger partial charge is 0.378 e. The summed E-state index contributed by atoms with van der Waals surface area (Å²) < 4.78 is 6.23. The molecule has 1 aliphatic rings. The first kappa shape index (κ1) is 17.5. The van der Waals surface area contributed by atoms with Crippen LogP contribution in [0.25, 0.3) is 6.08 Å². The smallest absolute Gasteiger partial charge is 0.268 e. The van der Waals surface area contributed by atoms with Crippen molar-refractivity contribution in [3.05, 3.63) is 39.9 Å². The molecule has 0 aliphatic carbocycles. The predicted molar refractivity (Wildman–Crippen MR) is 99.3 cm³/mol. The number of carbonyl (C=O) groups excluding carboxylic acids is 1. The maximum atomic E-state index is 12.3. The molecule has 9 heteroatoms. The number of hydrogen-bond acceptors (Lipinski definition) is 7. The monoisotopic (exact) mass is 419 g/mol. The number of amides is 1. The van der Waals surface area contributed by atoms with Crippen LogP contribution in [0.5, 0.6) is 0 Å². The van der Waals surface area contributed by atoms with Crippen LogP contribution >= 0.6 is 27.3 Å². The predicted octanol–water partition coefficient (Wildman–Crippen LogP) is 2.68. The number of benzene rings is 1. The molecule has 1 aliphatic heterocycles. The average molecular weight is 420 g/mol. The summed E-state index contributed by atoms with van der Waals surface area (Å²) in [6.45, 7) is 2.79. The summed E-state index contributed by atoms with van der Waals surface area (Å²) in [5.74, 6) is -0.505. The molecule has 1 saturated heterocycles. The number of nitriles is 1. The van der Waals surface area contributed by atoms with Gasteiger partial charge in [-0.05, 0) is 23.8 Å². The minimum Gasteiger partial charge on any atom is -0.378 e. The molecule has 25 heavy (non-hydrogen) atoms. The number of nitrogens with one attached hydrogen (secondary N) is 1. The normalized spacial score (nSPS) is 14.9. The molecule has 7 nitrogen and oxygen atoms in total. The Labute approximate surface area is 157 Å². The minimum absolute atomic E-state index is 0.00504. The van der Waals surface area contributed by atoms with Crippen LogP contribution in [0.4, 0.5) is 10.3 Å². The minimum atomic E-state index is -0.505. The summed E-state index contributed by atoms with van der Waals surface area (Å²) in [4.78, 5) is 14.3. The first-order valence-electron chi connectivity index (χ1n) is 7.50. The van der Waals surface area contributed by atoms with Crippen LogP contribution in [-0.2, 0) is 9.53 Å². The number of rotatable bonds is 4. The van der Waals surface area contributed by atoms with Crippen molar-refractivity contribution in [2.45, 2.75) is 0 Å². The molecule has 0 saturated carbocycles. The Morgan fingerprint density at radius 2 is 2.04 bits per heavy atom. The molecule has 2 heterocycles. The Morgan fingerprint density at radius 3 is 2.72 bits per heavy atom. The van der Waals surface area contributed by atoms with Gasteiger partial charge in [-0.15, -0.1) is 10.2 Å². The van der Waals surface area contributed by atoms with Gasteiger partial charge in [-0.1, -0.05) is 39.4 Å². The molecular formula is C16H14BrN5O2S. The summed E-state index contributed by atoms with van der Waals surface area (Å²) in [6.07, 6.45) is 1.53. The Kier molecular flexibility index (Phi) is 5.75. The molecule has 1 fully saturated rings. The fourth-order valence-corrected chi connectivity index (χ4v) is 3.24. The fourth-order valence-electron chi connectivity index (χ4n) is 2.19. The summed E-state index contributed by atoms with van der Waals surface area (Å²) in [7, 11) is 0. The number of anilines is 2. The molecule has 1 N–H and O–H groups in total. The molecule has 128 valence electrons. The molecule has 1 aromatic heterocycles. The Morgan fingerprint density at radius 1 is 1.32 bits per heavy atom. The first-order chi connectivity index (χ1) is 12.2. The Hall–Kier alpha value is -2.28. The van der Waals surface area contributed by atoms with E-state index in [9.17, 15) is 10.1 Å². The molecule has 0 atom stereocenters.